The van der Waals surface area contributed by atoms with Crippen LogP contribution in [0.1, 0.15) is 38.5 Å². The summed E-state index contributed by atoms with van der Waals surface area (Å²) < 4.78 is 11.8. The van der Waals surface area contributed by atoms with E-state index in [0.717, 1.165) is 56.0 Å². The van der Waals surface area contributed by atoms with Crippen molar-refractivity contribution in [2.45, 2.75) is 44.6 Å². The molecule has 27 heavy (non-hydrogen) atoms. The molecule has 7 nitrogen and oxygen atoms in total. The number of amides is 2. The molecule has 1 aromatic rings. The number of rotatable bonds is 4. The lowest BCUT2D eigenvalue weighted by atomic mass is 9.88. The smallest absolute Gasteiger partial charge is 0.429 e. The van der Waals surface area contributed by atoms with Gasteiger partial charge in [-0.05, 0) is 50.5 Å². The zero-order valence-electron chi connectivity index (χ0n) is 15.0. The highest BCUT2D eigenvalue weighted by Crippen LogP contribution is 2.28. The van der Waals surface area contributed by atoms with E-state index in [0.29, 0.717) is 18.2 Å². The highest BCUT2D eigenvalue weighted by Gasteiger charge is 2.28. The van der Waals surface area contributed by atoms with Crippen molar-refractivity contribution in [3.63, 3.8) is 0 Å². The molecule has 0 N–H and O–H groups in total. The Morgan fingerprint density at radius 1 is 1.22 bits per heavy atom. The van der Waals surface area contributed by atoms with Crippen molar-refractivity contribution in [1.82, 2.24) is 9.88 Å². The van der Waals surface area contributed by atoms with Gasteiger partial charge in [-0.1, -0.05) is 11.6 Å². The first-order chi connectivity index (χ1) is 13.0. The number of carbonyl (C=O) groups is 2. The molecular formula is C18H23Cl2N3O4. The molecule has 0 bridgehead atoms. The average Bonchev–Trinajstić information content (AvgIpc) is 3.21. The number of aromatic nitrogens is 1. The maximum Gasteiger partial charge on any atom is 0.429 e. The first-order valence-electron chi connectivity index (χ1n) is 9.22. The molecular weight excluding hydrogens is 393 g/mol. The molecule has 1 aromatic heterocycles. The Bertz CT molecular complexity index is 662. The molecule has 2 amide bonds. The number of halogens is 2. The lowest BCUT2D eigenvalue weighted by Gasteiger charge is -2.29. The van der Waals surface area contributed by atoms with Gasteiger partial charge in [-0.3, -0.25) is 0 Å². The molecule has 1 saturated heterocycles. The van der Waals surface area contributed by atoms with Crippen LogP contribution in [0.25, 0.3) is 0 Å². The number of hydrogen-bond donors (Lipinski definition) is 0. The van der Waals surface area contributed by atoms with Crippen LogP contribution in [0.3, 0.4) is 0 Å². The van der Waals surface area contributed by atoms with Gasteiger partial charge in [0.05, 0.1) is 12.3 Å². The predicted octanol–water partition coefficient (Wildman–Crippen LogP) is 4.62. The molecule has 2 aliphatic rings. The summed E-state index contributed by atoms with van der Waals surface area (Å²) in [5.74, 6) is 0.303. The number of anilines is 1. The Morgan fingerprint density at radius 2 is 1.93 bits per heavy atom. The zero-order valence-corrected chi connectivity index (χ0v) is 16.5. The second-order valence-corrected chi connectivity index (χ2v) is 7.64. The van der Waals surface area contributed by atoms with Crippen LogP contribution >= 0.6 is 23.4 Å². The quantitative estimate of drug-likeness (QED) is 0.529. The van der Waals surface area contributed by atoms with E-state index in [1.807, 2.05) is 0 Å². The van der Waals surface area contributed by atoms with E-state index in [1.165, 1.54) is 12.3 Å². The Hall–Kier alpha value is -1.73. The van der Waals surface area contributed by atoms with Gasteiger partial charge in [0.15, 0.2) is 0 Å². The summed E-state index contributed by atoms with van der Waals surface area (Å²) >= 11 is 11.8. The van der Waals surface area contributed by atoms with Crippen LogP contribution in [0.2, 0.25) is 5.15 Å². The second-order valence-electron chi connectivity index (χ2n) is 6.92. The molecule has 9 heteroatoms. The molecule has 0 radical (unpaired) electrons. The van der Waals surface area contributed by atoms with Gasteiger partial charge in [0.2, 0.25) is 0 Å². The fraction of sp³-hybridized carbons (Fsp3) is 0.611. The minimum atomic E-state index is -0.636. The third kappa shape index (κ3) is 5.62. The van der Waals surface area contributed by atoms with Crippen LogP contribution in [0.4, 0.5) is 15.3 Å². The normalized spacial score (nSPS) is 22.4. The highest BCUT2D eigenvalue weighted by atomic mass is 35.5. The molecule has 0 aromatic carbocycles. The highest BCUT2D eigenvalue weighted by molar-refractivity contribution is 6.36. The van der Waals surface area contributed by atoms with Crippen molar-refractivity contribution in [2.24, 2.45) is 5.92 Å². The second kappa shape index (κ2) is 9.46. The Morgan fingerprint density at radius 3 is 2.59 bits per heavy atom. The third-order valence-electron chi connectivity index (χ3n) is 4.97. The number of likely N-dealkylation sites (tertiary alicyclic amines) is 1. The summed E-state index contributed by atoms with van der Waals surface area (Å²) in [5.41, 5.74) is 0.407. The van der Waals surface area contributed by atoms with E-state index in [9.17, 15) is 9.59 Å². The summed E-state index contributed by atoms with van der Waals surface area (Å²) in [6.07, 6.45) is 5.65. The summed E-state index contributed by atoms with van der Waals surface area (Å²) in [6, 6.07) is 3.06. The monoisotopic (exact) mass is 415 g/mol. The number of ether oxygens (including phenoxy) is 2. The van der Waals surface area contributed by atoms with E-state index < -0.39 is 6.09 Å². The van der Waals surface area contributed by atoms with E-state index in [4.69, 9.17) is 32.9 Å². The van der Waals surface area contributed by atoms with Gasteiger partial charge in [0.1, 0.15) is 11.3 Å². The van der Waals surface area contributed by atoms with Gasteiger partial charge in [-0.2, -0.15) is 4.42 Å². The molecule has 1 saturated carbocycles. The van der Waals surface area contributed by atoms with Crippen molar-refractivity contribution in [3.8, 4) is 0 Å². The SMILES string of the molecule is O=C(OCC1CCC(OC(=O)N(Cl)c2ccnc(Cl)c2)CC1)N1CCCC1. The van der Waals surface area contributed by atoms with E-state index >= 15 is 0 Å². The summed E-state index contributed by atoms with van der Waals surface area (Å²) in [6.45, 7) is 2.01. The predicted molar refractivity (Wildman–Crippen MR) is 102 cm³/mol. The minimum Gasteiger partial charge on any atom is -0.449 e. The molecule has 148 valence electrons. The molecule has 0 spiro atoms. The molecule has 2 heterocycles. The van der Waals surface area contributed by atoms with Gasteiger partial charge in [0.25, 0.3) is 0 Å². The fourth-order valence-electron chi connectivity index (χ4n) is 3.41. The Kier molecular flexibility index (Phi) is 7.01. The largest absolute Gasteiger partial charge is 0.449 e. The Labute approximate surface area is 168 Å². The molecule has 1 aliphatic carbocycles. The number of hydrogen-bond acceptors (Lipinski definition) is 5. The lowest BCUT2D eigenvalue weighted by molar-refractivity contribution is 0.0486. The zero-order chi connectivity index (χ0) is 19.2. The van der Waals surface area contributed by atoms with Gasteiger partial charge in [-0.25, -0.2) is 14.6 Å². The molecule has 1 aliphatic heterocycles. The van der Waals surface area contributed by atoms with Crippen LogP contribution in [0.5, 0.6) is 0 Å². The average molecular weight is 416 g/mol. The maximum absolute atomic E-state index is 12.2. The van der Waals surface area contributed by atoms with Crippen LogP contribution in [-0.2, 0) is 9.47 Å². The van der Waals surface area contributed by atoms with Crippen molar-refractivity contribution in [3.05, 3.63) is 23.5 Å². The first-order valence-corrected chi connectivity index (χ1v) is 9.94. The number of nitrogens with zero attached hydrogens (tertiary/aromatic N) is 3. The molecule has 2 fully saturated rings. The van der Waals surface area contributed by atoms with Crippen LogP contribution < -0.4 is 4.42 Å². The van der Waals surface area contributed by atoms with Crippen molar-refractivity contribution >= 4 is 41.3 Å². The van der Waals surface area contributed by atoms with Crippen molar-refractivity contribution in [2.75, 3.05) is 24.1 Å². The van der Waals surface area contributed by atoms with E-state index in [2.05, 4.69) is 4.98 Å². The topological polar surface area (TPSA) is 72.0 Å². The summed E-state index contributed by atoms with van der Waals surface area (Å²) in [7, 11) is 0. The van der Waals surface area contributed by atoms with Crippen LogP contribution in [0, 0.1) is 5.92 Å². The van der Waals surface area contributed by atoms with Gasteiger partial charge in [0, 0.05) is 37.1 Å². The third-order valence-corrected chi connectivity index (χ3v) is 5.51. The minimum absolute atomic E-state index is 0.193. The summed E-state index contributed by atoms with van der Waals surface area (Å²) in [4.78, 5) is 29.7. The summed E-state index contributed by atoms with van der Waals surface area (Å²) in [5, 5.41) is 0.245. The Balaban J connectivity index is 1.38. The van der Waals surface area contributed by atoms with E-state index in [-0.39, 0.29) is 17.4 Å². The van der Waals surface area contributed by atoms with Crippen LogP contribution in [-0.4, -0.2) is 47.9 Å². The standard InChI is InChI=1S/C18H23Cl2N3O4/c19-16-11-14(7-8-21-16)23(20)18(25)27-15-5-3-13(4-6-15)12-26-17(24)22-9-1-2-10-22/h7-8,11,13,15H,1-6,9-10,12H2. The number of pyridine rings is 1. The molecule has 0 atom stereocenters. The van der Waals surface area contributed by atoms with Gasteiger partial charge in [-0.15, -0.1) is 0 Å². The molecule has 3 rings (SSSR count). The van der Waals surface area contributed by atoms with Gasteiger partial charge < -0.3 is 14.4 Å². The van der Waals surface area contributed by atoms with E-state index in [1.54, 1.807) is 11.0 Å². The maximum atomic E-state index is 12.2. The van der Waals surface area contributed by atoms with Gasteiger partial charge >= 0.3 is 12.2 Å². The van der Waals surface area contributed by atoms with Crippen molar-refractivity contribution < 1.29 is 19.1 Å². The number of carbonyl (C=O) groups excluding carboxylic acids is 2. The first kappa shape index (κ1) is 20.0. The molecule has 0 unspecified atom stereocenters. The van der Waals surface area contributed by atoms with Crippen LogP contribution in [0.15, 0.2) is 18.3 Å². The van der Waals surface area contributed by atoms with Crippen molar-refractivity contribution in [1.29, 1.82) is 0 Å². The fourth-order valence-corrected chi connectivity index (χ4v) is 3.72. The lowest BCUT2D eigenvalue weighted by Crippen LogP contribution is -2.33.